The second-order valence-electron chi connectivity index (χ2n) is 3.36. The average molecular weight is 236 g/mol. The maximum atomic E-state index is 11.2. The molecule has 0 unspecified atom stereocenters. The van der Waals surface area contributed by atoms with Crippen LogP contribution in [0.1, 0.15) is 26.3 Å². The largest absolute Gasteiger partial charge is 0.475 e. The molecule has 0 heterocycles. The van der Waals surface area contributed by atoms with Gasteiger partial charge in [-0.25, -0.2) is 9.59 Å². The molecule has 0 saturated carbocycles. The molecule has 0 bridgehead atoms. The van der Waals surface area contributed by atoms with Gasteiger partial charge in [0.2, 0.25) is 0 Å². The zero-order valence-corrected chi connectivity index (χ0v) is 8.76. The van der Waals surface area contributed by atoms with E-state index in [-0.39, 0.29) is 11.1 Å². The van der Waals surface area contributed by atoms with Gasteiger partial charge in [-0.1, -0.05) is 0 Å². The van der Waals surface area contributed by atoms with Crippen molar-refractivity contribution in [2.45, 2.75) is 6.92 Å². The second-order valence-corrected chi connectivity index (χ2v) is 3.36. The Labute approximate surface area is 95.5 Å². The first-order valence-electron chi connectivity index (χ1n) is 4.50. The Hall–Kier alpha value is -2.50. The molecule has 0 aliphatic heterocycles. The van der Waals surface area contributed by atoms with Crippen LogP contribution in [0, 0.1) is 6.92 Å². The molecule has 0 aliphatic carbocycles. The maximum absolute atomic E-state index is 11.2. The van der Waals surface area contributed by atoms with Gasteiger partial charge >= 0.3 is 11.9 Å². The van der Waals surface area contributed by atoms with Crippen LogP contribution < -0.4 is 0 Å². The molecular formula is C11H8O6. The lowest BCUT2D eigenvalue weighted by Crippen LogP contribution is -2.16. The molecular weight excluding hydrogens is 228 g/mol. The van der Waals surface area contributed by atoms with Gasteiger partial charge in [-0.15, -0.1) is 0 Å². The summed E-state index contributed by atoms with van der Waals surface area (Å²) in [4.78, 5) is 43.3. The molecule has 0 atom stereocenters. The number of carboxylic acids is 2. The van der Waals surface area contributed by atoms with Crippen molar-refractivity contribution in [2.75, 3.05) is 0 Å². The van der Waals surface area contributed by atoms with Gasteiger partial charge in [0.1, 0.15) is 0 Å². The van der Waals surface area contributed by atoms with E-state index in [9.17, 15) is 19.2 Å². The van der Waals surface area contributed by atoms with Crippen molar-refractivity contribution in [3.05, 3.63) is 34.9 Å². The summed E-state index contributed by atoms with van der Waals surface area (Å²) in [7, 11) is 0. The zero-order chi connectivity index (χ0) is 13.2. The molecule has 0 aromatic heterocycles. The molecule has 6 nitrogen and oxygen atoms in total. The summed E-state index contributed by atoms with van der Waals surface area (Å²) in [6.07, 6.45) is 0. The molecule has 1 aromatic carbocycles. The quantitative estimate of drug-likeness (QED) is 0.583. The van der Waals surface area contributed by atoms with Crippen LogP contribution in [0.5, 0.6) is 0 Å². The predicted molar refractivity (Wildman–Crippen MR) is 55.1 cm³/mol. The van der Waals surface area contributed by atoms with Crippen LogP contribution >= 0.6 is 0 Å². The maximum Gasteiger partial charge on any atom is 0.377 e. The molecule has 0 aliphatic rings. The third kappa shape index (κ3) is 2.75. The topological polar surface area (TPSA) is 109 Å². The van der Waals surface area contributed by atoms with Crippen LogP contribution in [-0.2, 0) is 9.59 Å². The summed E-state index contributed by atoms with van der Waals surface area (Å²) in [5, 5.41) is 17.0. The minimum Gasteiger partial charge on any atom is -0.475 e. The van der Waals surface area contributed by atoms with Crippen molar-refractivity contribution in [3.8, 4) is 0 Å². The number of Topliss-reactive ketones (excluding diaryl/α,β-unsaturated/α-hetero) is 2. The van der Waals surface area contributed by atoms with E-state index in [4.69, 9.17) is 10.2 Å². The van der Waals surface area contributed by atoms with Crippen molar-refractivity contribution in [3.63, 3.8) is 0 Å². The number of hydrogen-bond acceptors (Lipinski definition) is 4. The van der Waals surface area contributed by atoms with Gasteiger partial charge in [-0.3, -0.25) is 9.59 Å². The fraction of sp³-hybridized carbons (Fsp3) is 0.0909. The lowest BCUT2D eigenvalue weighted by molar-refractivity contribution is -0.132. The van der Waals surface area contributed by atoms with Gasteiger partial charge in [0.15, 0.2) is 0 Å². The molecule has 1 aromatic rings. The van der Waals surface area contributed by atoms with Crippen molar-refractivity contribution in [2.24, 2.45) is 0 Å². The van der Waals surface area contributed by atoms with E-state index in [1.54, 1.807) is 0 Å². The second kappa shape index (κ2) is 4.56. The average Bonchev–Trinajstić information content (AvgIpc) is 2.25. The van der Waals surface area contributed by atoms with Crippen molar-refractivity contribution >= 4 is 23.5 Å². The lowest BCUT2D eigenvalue weighted by atomic mass is 10.0. The Morgan fingerprint density at radius 2 is 1.18 bits per heavy atom. The fourth-order valence-electron chi connectivity index (χ4n) is 1.29. The number of benzene rings is 1. The van der Waals surface area contributed by atoms with Crippen LogP contribution in [0.25, 0.3) is 0 Å². The molecule has 0 spiro atoms. The molecule has 17 heavy (non-hydrogen) atoms. The standard InChI is InChI=1S/C11H8O6/c1-5-2-6(8(12)10(14)15)4-7(3-5)9(13)11(16)17/h2-4H,1H3,(H,14,15)(H,16,17). The number of rotatable bonds is 4. The first-order chi connectivity index (χ1) is 7.82. The number of aryl methyl sites for hydroxylation is 1. The minimum absolute atomic E-state index is 0.220. The highest BCUT2D eigenvalue weighted by atomic mass is 16.4. The monoisotopic (exact) mass is 236 g/mol. The van der Waals surface area contributed by atoms with Gasteiger partial charge in [0, 0.05) is 11.1 Å². The van der Waals surface area contributed by atoms with E-state index in [0.717, 1.165) is 6.07 Å². The Morgan fingerprint density at radius 1 is 0.824 bits per heavy atom. The first-order valence-corrected chi connectivity index (χ1v) is 4.50. The number of carbonyl (C=O) groups is 4. The Balaban J connectivity index is 3.29. The van der Waals surface area contributed by atoms with Gasteiger partial charge in [-0.2, -0.15) is 0 Å². The smallest absolute Gasteiger partial charge is 0.377 e. The van der Waals surface area contributed by atoms with Crippen LogP contribution in [0.4, 0.5) is 0 Å². The van der Waals surface area contributed by atoms with E-state index in [0.29, 0.717) is 5.56 Å². The Bertz CT molecular complexity index is 485. The summed E-state index contributed by atoms with van der Waals surface area (Å²) < 4.78 is 0. The molecule has 6 heteroatoms. The SMILES string of the molecule is Cc1cc(C(=O)C(=O)O)cc(C(=O)C(=O)O)c1. The van der Waals surface area contributed by atoms with Crippen LogP contribution in [0.15, 0.2) is 18.2 Å². The van der Waals surface area contributed by atoms with Gasteiger partial charge in [0.05, 0.1) is 0 Å². The third-order valence-corrected chi connectivity index (χ3v) is 1.99. The van der Waals surface area contributed by atoms with E-state index < -0.39 is 23.5 Å². The Kier molecular flexibility index (Phi) is 3.37. The number of carbonyl (C=O) groups excluding carboxylic acids is 2. The fourth-order valence-corrected chi connectivity index (χ4v) is 1.29. The predicted octanol–water partition coefficient (Wildman–Crippen LogP) is 0.530. The van der Waals surface area contributed by atoms with Gasteiger partial charge in [-0.05, 0) is 30.7 Å². The molecule has 2 N–H and O–H groups in total. The third-order valence-electron chi connectivity index (χ3n) is 1.99. The number of hydrogen-bond donors (Lipinski definition) is 2. The summed E-state index contributed by atoms with van der Waals surface area (Å²) in [6.45, 7) is 1.53. The first kappa shape index (κ1) is 12.6. The van der Waals surface area contributed by atoms with Crippen molar-refractivity contribution < 1.29 is 29.4 Å². The van der Waals surface area contributed by atoms with Crippen LogP contribution in [-0.4, -0.2) is 33.7 Å². The molecule has 0 amide bonds. The Morgan fingerprint density at radius 3 is 1.47 bits per heavy atom. The van der Waals surface area contributed by atoms with E-state index >= 15 is 0 Å². The van der Waals surface area contributed by atoms with Crippen molar-refractivity contribution in [1.82, 2.24) is 0 Å². The molecule has 1 rings (SSSR count). The highest BCUT2D eigenvalue weighted by Crippen LogP contribution is 2.11. The number of aliphatic carboxylic acids is 2. The molecule has 88 valence electrons. The number of ketones is 2. The van der Waals surface area contributed by atoms with Crippen LogP contribution in [0.3, 0.4) is 0 Å². The molecule has 0 radical (unpaired) electrons. The highest BCUT2D eigenvalue weighted by Gasteiger charge is 2.20. The minimum atomic E-state index is -1.66. The van der Waals surface area contributed by atoms with Crippen LogP contribution in [0.2, 0.25) is 0 Å². The summed E-state index contributed by atoms with van der Waals surface area (Å²) in [5.41, 5.74) is -0.00843. The molecule has 0 saturated heterocycles. The van der Waals surface area contributed by atoms with E-state index in [1.807, 2.05) is 0 Å². The summed E-state index contributed by atoms with van der Waals surface area (Å²) >= 11 is 0. The zero-order valence-electron chi connectivity index (χ0n) is 8.76. The summed E-state index contributed by atoms with van der Waals surface area (Å²) in [5.74, 6) is -5.70. The van der Waals surface area contributed by atoms with Crippen molar-refractivity contribution in [1.29, 1.82) is 0 Å². The van der Waals surface area contributed by atoms with Gasteiger partial charge in [0.25, 0.3) is 11.6 Å². The van der Waals surface area contributed by atoms with E-state index in [2.05, 4.69) is 0 Å². The normalized spacial score (nSPS) is 9.71. The summed E-state index contributed by atoms with van der Waals surface area (Å²) in [6, 6.07) is 3.50. The van der Waals surface area contributed by atoms with Gasteiger partial charge < -0.3 is 10.2 Å². The lowest BCUT2D eigenvalue weighted by Gasteiger charge is -2.02. The number of carboxylic acid groups (broad SMARTS) is 2. The molecule has 0 fully saturated rings. The highest BCUT2D eigenvalue weighted by molar-refractivity contribution is 6.42. The van der Waals surface area contributed by atoms with E-state index in [1.165, 1.54) is 19.1 Å².